The molecule has 3 nitrogen and oxygen atoms in total. The van der Waals surface area contributed by atoms with E-state index in [-0.39, 0.29) is 0 Å². The normalized spacial score (nSPS) is 15.9. The van der Waals surface area contributed by atoms with E-state index in [1.165, 1.54) is 12.8 Å². The molecule has 0 aliphatic heterocycles. The predicted molar refractivity (Wildman–Crippen MR) is 66.7 cm³/mol. The molecule has 1 aliphatic carbocycles. The third kappa shape index (κ3) is 9.13. The van der Waals surface area contributed by atoms with E-state index in [9.17, 15) is 0 Å². The lowest BCUT2D eigenvalue weighted by Crippen LogP contribution is -2.24. The first-order chi connectivity index (χ1) is 7.79. The molecule has 1 rings (SSSR count). The first kappa shape index (κ1) is 13.9. The molecule has 0 unspecified atom stereocenters. The smallest absolute Gasteiger partial charge is 0.0591 e. The Balaban J connectivity index is 1.64. The van der Waals surface area contributed by atoms with Gasteiger partial charge < -0.3 is 14.8 Å². The van der Waals surface area contributed by atoms with Crippen molar-refractivity contribution in [3.05, 3.63) is 0 Å². The van der Waals surface area contributed by atoms with Crippen LogP contribution in [0.4, 0.5) is 0 Å². The number of hydrogen-bond donors (Lipinski definition) is 1. The Bertz CT molecular complexity index is 148. The van der Waals surface area contributed by atoms with Gasteiger partial charge in [-0.25, -0.2) is 0 Å². The molecule has 1 N–H and O–H groups in total. The van der Waals surface area contributed by atoms with Crippen LogP contribution in [0.2, 0.25) is 0 Å². The third-order valence-corrected chi connectivity index (χ3v) is 2.74. The van der Waals surface area contributed by atoms with Gasteiger partial charge in [0.15, 0.2) is 0 Å². The molecule has 1 fully saturated rings. The quantitative estimate of drug-likeness (QED) is 0.550. The van der Waals surface area contributed by atoms with E-state index in [0.29, 0.717) is 0 Å². The minimum atomic E-state index is 0.740. The summed E-state index contributed by atoms with van der Waals surface area (Å²) in [6.07, 6.45) is 3.90. The first-order valence-electron chi connectivity index (χ1n) is 6.65. The Morgan fingerprint density at radius 1 is 1.06 bits per heavy atom. The van der Waals surface area contributed by atoms with Crippen LogP contribution in [0.5, 0.6) is 0 Å². The van der Waals surface area contributed by atoms with E-state index < -0.39 is 0 Å². The van der Waals surface area contributed by atoms with Crippen molar-refractivity contribution in [1.29, 1.82) is 0 Å². The van der Waals surface area contributed by atoms with Gasteiger partial charge in [0.2, 0.25) is 0 Å². The summed E-state index contributed by atoms with van der Waals surface area (Å²) in [4.78, 5) is 0. The first-order valence-corrected chi connectivity index (χ1v) is 6.65. The van der Waals surface area contributed by atoms with Crippen molar-refractivity contribution < 1.29 is 9.47 Å². The van der Waals surface area contributed by atoms with Crippen molar-refractivity contribution >= 4 is 0 Å². The van der Waals surface area contributed by atoms with Crippen molar-refractivity contribution in [3.63, 3.8) is 0 Å². The van der Waals surface area contributed by atoms with E-state index in [1.54, 1.807) is 0 Å². The maximum Gasteiger partial charge on any atom is 0.0591 e. The Hall–Kier alpha value is -0.120. The Labute approximate surface area is 99.9 Å². The molecule has 96 valence electrons. The fraction of sp³-hybridized carbons (Fsp3) is 1.00. The van der Waals surface area contributed by atoms with Gasteiger partial charge in [-0.2, -0.15) is 0 Å². The second-order valence-electron chi connectivity index (χ2n) is 5.06. The fourth-order valence-electron chi connectivity index (χ4n) is 1.37. The van der Waals surface area contributed by atoms with Gasteiger partial charge in [-0.3, -0.25) is 0 Å². The van der Waals surface area contributed by atoms with E-state index in [2.05, 4.69) is 19.2 Å². The van der Waals surface area contributed by atoms with Crippen molar-refractivity contribution in [1.82, 2.24) is 5.32 Å². The molecule has 0 heterocycles. The molecule has 0 spiro atoms. The van der Waals surface area contributed by atoms with Crippen LogP contribution >= 0.6 is 0 Å². The van der Waals surface area contributed by atoms with Gasteiger partial charge in [-0.1, -0.05) is 13.8 Å². The maximum absolute atomic E-state index is 5.51. The van der Waals surface area contributed by atoms with Crippen LogP contribution in [0.3, 0.4) is 0 Å². The summed E-state index contributed by atoms with van der Waals surface area (Å²) in [6.45, 7) is 9.82. The summed E-state index contributed by atoms with van der Waals surface area (Å²) in [7, 11) is 0. The fourth-order valence-corrected chi connectivity index (χ4v) is 1.37. The standard InChI is InChI=1S/C13H27NO2/c1-12(2)5-8-15-9-6-14-7-10-16-11-13-3-4-13/h12-14H,3-11H2,1-2H3. The minimum absolute atomic E-state index is 0.740. The number of hydrogen-bond acceptors (Lipinski definition) is 3. The van der Waals surface area contributed by atoms with Crippen molar-refractivity contribution in [2.45, 2.75) is 33.1 Å². The van der Waals surface area contributed by atoms with E-state index in [4.69, 9.17) is 9.47 Å². The molecular weight excluding hydrogens is 202 g/mol. The minimum Gasteiger partial charge on any atom is -0.380 e. The number of nitrogens with one attached hydrogen (secondary N) is 1. The van der Waals surface area contributed by atoms with E-state index >= 15 is 0 Å². The van der Waals surface area contributed by atoms with E-state index in [1.807, 2.05) is 0 Å². The lowest BCUT2D eigenvalue weighted by atomic mass is 10.1. The highest BCUT2D eigenvalue weighted by Crippen LogP contribution is 2.28. The van der Waals surface area contributed by atoms with Gasteiger partial charge in [0, 0.05) is 26.3 Å². The van der Waals surface area contributed by atoms with Gasteiger partial charge in [-0.05, 0) is 31.1 Å². The summed E-state index contributed by atoms with van der Waals surface area (Å²) < 4.78 is 11.0. The predicted octanol–water partition coefficient (Wildman–Crippen LogP) is 2.07. The molecule has 0 bridgehead atoms. The van der Waals surface area contributed by atoms with Gasteiger partial charge in [0.05, 0.1) is 13.2 Å². The highest BCUT2D eigenvalue weighted by Gasteiger charge is 2.20. The third-order valence-electron chi connectivity index (χ3n) is 2.74. The van der Waals surface area contributed by atoms with Crippen LogP contribution in [-0.4, -0.2) is 39.5 Å². The lowest BCUT2D eigenvalue weighted by Gasteiger charge is -2.08. The summed E-state index contributed by atoms with van der Waals surface area (Å²) in [5, 5.41) is 3.32. The average molecular weight is 229 g/mol. The molecule has 0 aromatic heterocycles. The van der Waals surface area contributed by atoms with Crippen LogP contribution in [0.25, 0.3) is 0 Å². The van der Waals surface area contributed by atoms with Crippen LogP contribution in [-0.2, 0) is 9.47 Å². The average Bonchev–Trinajstić information content (AvgIpc) is 3.04. The Kier molecular flexibility index (Phi) is 7.81. The molecule has 0 aromatic rings. The molecule has 0 radical (unpaired) electrons. The molecule has 0 saturated heterocycles. The largest absolute Gasteiger partial charge is 0.380 e. The van der Waals surface area contributed by atoms with Crippen LogP contribution < -0.4 is 5.32 Å². The van der Waals surface area contributed by atoms with Crippen LogP contribution in [0, 0.1) is 11.8 Å². The lowest BCUT2D eigenvalue weighted by molar-refractivity contribution is 0.112. The monoisotopic (exact) mass is 229 g/mol. The second-order valence-corrected chi connectivity index (χ2v) is 5.06. The zero-order chi connectivity index (χ0) is 11.6. The molecule has 0 atom stereocenters. The summed E-state index contributed by atoms with van der Waals surface area (Å²) in [5.74, 6) is 1.61. The van der Waals surface area contributed by atoms with Crippen molar-refractivity contribution in [3.8, 4) is 0 Å². The van der Waals surface area contributed by atoms with Crippen molar-refractivity contribution in [2.75, 3.05) is 39.5 Å². The molecule has 1 saturated carbocycles. The van der Waals surface area contributed by atoms with Crippen LogP contribution in [0.15, 0.2) is 0 Å². The molecular formula is C13H27NO2. The second kappa shape index (κ2) is 8.97. The van der Waals surface area contributed by atoms with Crippen LogP contribution in [0.1, 0.15) is 33.1 Å². The molecule has 1 aliphatic rings. The molecule has 3 heteroatoms. The van der Waals surface area contributed by atoms with Crippen molar-refractivity contribution in [2.24, 2.45) is 11.8 Å². The van der Waals surface area contributed by atoms with Gasteiger partial charge in [-0.15, -0.1) is 0 Å². The maximum atomic E-state index is 5.51. The summed E-state index contributed by atoms with van der Waals surface area (Å²) in [5.41, 5.74) is 0. The van der Waals surface area contributed by atoms with Gasteiger partial charge in [0.25, 0.3) is 0 Å². The van der Waals surface area contributed by atoms with Gasteiger partial charge >= 0.3 is 0 Å². The Morgan fingerprint density at radius 2 is 1.75 bits per heavy atom. The summed E-state index contributed by atoms with van der Waals surface area (Å²) >= 11 is 0. The Morgan fingerprint density at radius 3 is 2.38 bits per heavy atom. The highest BCUT2D eigenvalue weighted by molar-refractivity contribution is 4.71. The number of rotatable bonds is 11. The zero-order valence-electron chi connectivity index (χ0n) is 10.8. The number of ether oxygens (including phenoxy) is 2. The topological polar surface area (TPSA) is 30.5 Å². The molecule has 16 heavy (non-hydrogen) atoms. The molecule has 0 amide bonds. The SMILES string of the molecule is CC(C)CCOCCNCCOCC1CC1. The molecule has 0 aromatic carbocycles. The highest BCUT2D eigenvalue weighted by atomic mass is 16.5. The van der Waals surface area contributed by atoms with E-state index in [0.717, 1.165) is 57.8 Å². The zero-order valence-corrected chi connectivity index (χ0v) is 10.8. The summed E-state index contributed by atoms with van der Waals surface area (Å²) in [6, 6.07) is 0. The van der Waals surface area contributed by atoms with Gasteiger partial charge in [0.1, 0.15) is 0 Å².